The van der Waals surface area contributed by atoms with Crippen molar-refractivity contribution in [1.29, 1.82) is 0 Å². The lowest BCUT2D eigenvalue weighted by atomic mass is 9.71. The average molecular weight is 2110 g/mol. The van der Waals surface area contributed by atoms with Gasteiger partial charge in [-0.3, -0.25) is 0 Å². The van der Waals surface area contributed by atoms with E-state index in [-0.39, 0.29) is 148 Å². The molecule has 2 aromatic carbocycles. The van der Waals surface area contributed by atoms with Crippen LogP contribution < -0.4 is 47.2 Å². The zero-order valence-electron chi connectivity index (χ0n) is 82.0. The number of nitrogens with one attached hydrogen (secondary N) is 10. The molecule has 3 saturated carbocycles. The molecule has 30 nitrogen and oxygen atoms in total. The second-order valence-electron chi connectivity index (χ2n) is 37.1. The Balaban J connectivity index is -0.0000000984. The van der Waals surface area contributed by atoms with Crippen molar-refractivity contribution in [3.05, 3.63) is 71.8 Å². The Labute approximate surface area is 826 Å². The molecule has 133 heavy (non-hydrogen) atoms. The van der Waals surface area contributed by atoms with E-state index in [1.54, 1.807) is 145 Å². The number of hydrogen-bond donors (Lipinski definition) is 10. The van der Waals surface area contributed by atoms with Crippen LogP contribution in [0.15, 0.2) is 60.7 Å². The first-order valence-corrected chi connectivity index (χ1v) is 59.5. The molecule has 0 aromatic heterocycles. The monoisotopic (exact) mass is 2110 g/mol. The van der Waals surface area contributed by atoms with Gasteiger partial charge in [0, 0.05) is 64.9 Å². The molecule has 3 aliphatic rings. The molecule has 3 fully saturated rings. The summed E-state index contributed by atoms with van der Waals surface area (Å²) in [5, 5.41) is -3.35. The number of sulfonamides is 10. The summed E-state index contributed by atoms with van der Waals surface area (Å²) < 4.78 is 251. The van der Waals surface area contributed by atoms with Crippen LogP contribution in [0.1, 0.15) is 395 Å². The van der Waals surface area contributed by atoms with Crippen LogP contribution in [0, 0.1) is 28.1 Å². The molecule has 4 unspecified atom stereocenters. The summed E-state index contributed by atoms with van der Waals surface area (Å²) >= 11 is 0. The van der Waals surface area contributed by atoms with E-state index in [0.29, 0.717) is 76.7 Å². The second kappa shape index (κ2) is 76.3. The Bertz CT molecular complexity index is 4400. The first kappa shape index (κ1) is 161. The van der Waals surface area contributed by atoms with Gasteiger partial charge in [0.05, 0.1) is 52.5 Å². The highest BCUT2D eigenvalue weighted by atomic mass is 32.2. The minimum atomic E-state index is -3.15. The third-order valence-corrected chi connectivity index (χ3v) is 38.2. The van der Waals surface area contributed by atoms with E-state index >= 15 is 0 Å². The molecular formula is C93H212N10O20S10. The van der Waals surface area contributed by atoms with E-state index in [1.807, 2.05) is 111 Å². The summed E-state index contributed by atoms with van der Waals surface area (Å²) in [5.74, 6) is 1.45. The topological polar surface area (TPSA) is 462 Å². The Morgan fingerprint density at radius 3 is 0.842 bits per heavy atom. The molecule has 4 atom stereocenters. The maximum absolute atomic E-state index is 11.6. The minimum Gasteiger partial charge on any atom is -0.215 e. The van der Waals surface area contributed by atoms with Gasteiger partial charge in [0.2, 0.25) is 100 Å². The highest BCUT2D eigenvalue weighted by Gasteiger charge is 2.37. The van der Waals surface area contributed by atoms with Gasteiger partial charge in [0.1, 0.15) is 0 Å². The van der Waals surface area contributed by atoms with Crippen LogP contribution in [-0.2, 0) is 100 Å². The summed E-state index contributed by atoms with van der Waals surface area (Å²) in [6, 6.07) is 20.2. The Morgan fingerprint density at radius 1 is 0.323 bits per heavy atom. The first-order valence-electron chi connectivity index (χ1n) is 44.0. The molecule has 5 rings (SSSR count). The number of hydrogen-bond acceptors (Lipinski definition) is 20. The van der Waals surface area contributed by atoms with Crippen molar-refractivity contribution in [1.82, 2.24) is 47.2 Å². The number of unbranched alkanes of at least 4 members (excludes halogenated alkanes) is 1. The lowest BCUT2D eigenvalue weighted by molar-refractivity contribution is 0.166. The van der Waals surface area contributed by atoms with Gasteiger partial charge in [0.15, 0.2) is 0 Å². The summed E-state index contributed by atoms with van der Waals surface area (Å²) in [5.41, 5.74) is 2.82. The molecule has 0 saturated heterocycles. The molecule has 0 heterocycles. The third kappa shape index (κ3) is 77.8. The summed E-state index contributed by atoms with van der Waals surface area (Å²) in [6.45, 7) is 64.5. The van der Waals surface area contributed by atoms with Crippen molar-refractivity contribution in [2.75, 3.05) is 58.9 Å². The zero-order chi connectivity index (χ0) is 98.3. The molecule has 3 aliphatic carbocycles. The molecule has 814 valence electrons. The van der Waals surface area contributed by atoms with Crippen molar-refractivity contribution in [2.45, 2.75) is 443 Å². The van der Waals surface area contributed by atoms with Crippen molar-refractivity contribution in [3.63, 3.8) is 0 Å². The maximum Gasteiger partial charge on any atom is 0.214 e. The molecule has 0 spiro atoms. The minimum absolute atomic E-state index is 0. The standard InChI is InChI=1S/C13H21NO2S.C12H19NO2S.C10H21NO2S.C9H19NO2S.C8H19NO2S.C7H15NO2S.2C7H17NO2S.C6H15NO2S.C5H13NO2S.9CH4/c1-11(2)17(15,16)14-10-9-12(3)13-7-5-4-6-8-13;1-10(2)16(14,15)13-9-11(3)12-7-5-4-6-8-12;1-9(2)14(12,13)11-8-10(3)6-4-5-7-10;1-8(2)13(11,12)10-7-9(3)5-4-6-9;1-7(2)12(10,11)9-6-8(3,4)5;1-5(2)11(9,10)8-7-4-6(7)3;1-6(2)5-8-11(9,10)7(3)4;1-4-5-6-8-11(9,10)7(2)3;1-4-5-7-10(8,9)6(2)3;1-4-6-9(7,8)5(2)3;;;;;;;;;/h4-8,11-12,14H,9-10H2,1-3H3;4-8,10-11,13H,9H2,1-3H3;9,11H,4-8H2,1-3H3;8,10H,4-7H2,1-3H3;7,9H,6H2,1-5H3;5-8H,4H2,1-3H3;6-8H,5H2,1-4H3;7-8H,4-6H2,1-3H3;6-7H,4-5H2,1-3H3;5-6H,4H2,1-3H3;9*1H4. The Morgan fingerprint density at radius 2 is 0.586 bits per heavy atom. The lowest BCUT2D eigenvalue weighted by Gasteiger charge is -2.38. The first-order chi connectivity index (χ1) is 56.0. The Hall–Kier alpha value is -2.46. The SMILES string of the molecule is C.C.C.C.C.C.C.C.C.CC(C)CNS(=O)(=O)C(C)C.CC(C)S(=O)(=O)NCC(C)(C)C.CC(C)S(=O)(=O)NCC1(C)CCC1.CC(C)S(=O)(=O)NCC1(C)CCCC1.CC(CCNS(=O)(=O)C(C)C)c1ccccc1.CC(CNS(=O)(=O)C(C)C)c1ccccc1.CC1CC1NS(=O)(=O)C(C)C.CCCCNS(=O)(=O)C(C)C.CCCNS(=O)(=O)C(C)C.CCNS(=O)(=O)C(C)C. The van der Waals surface area contributed by atoms with E-state index in [9.17, 15) is 84.2 Å². The molecule has 0 aliphatic heterocycles. The summed E-state index contributed by atoms with van der Waals surface area (Å²) in [6.07, 6.45) is 12.9. The summed E-state index contributed by atoms with van der Waals surface area (Å²) in [4.78, 5) is 0. The smallest absolute Gasteiger partial charge is 0.214 e. The van der Waals surface area contributed by atoms with Gasteiger partial charge < -0.3 is 0 Å². The number of benzene rings is 2. The fourth-order valence-electron chi connectivity index (χ4n) is 9.19. The van der Waals surface area contributed by atoms with Crippen LogP contribution >= 0.6 is 0 Å². The quantitative estimate of drug-likeness (QED) is 0.0276. The highest BCUT2D eigenvalue weighted by molar-refractivity contribution is 7.92. The number of rotatable bonds is 41. The maximum atomic E-state index is 11.6. The van der Waals surface area contributed by atoms with Gasteiger partial charge in [0.25, 0.3) is 0 Å². The zero-order valence-corrected chi connectivity index (χ0v) is 90.2. The van der Waals surface area contributed by atoms with Gasteiger partial charge in [-0.25, -0.2) is 131 Å². The van der Waals surface area contributed by atoms with E-state index in [0.717, 1.165) is 63.4 Å². The third-order valence-electron chi connectivity index (χ3n) is 19.8. The van der Waals surface area contributed by atoms with Crippen LogP contribution in [-0.4, -0.2) is 202 Å². The van der Waals surface area contributed by atoms with Crippen molar-refractivity contribution in [3.8, 4) is 0 Å². The molecule has 0 amide bonds. The highest BCUT2D eigenvalue weighted by Crippen LogP contribution is 2.40. The van der Waals surface area contributed by atoms with Crippen LogP contribution in [0.2, 0.25) is 0 Å². The van der Waals surface area contributed by atoms with Crippen LogP contribution in [0.25, 0.3) is 0 Å². The van der Waals surface area contributed by atoms with Gasteiger partial charge in [-0.2, -0.15) is 0 Å². The molecule has 0 radical (unpaired) electrons. The van der Waals surface area contributed by atoms with E-state index < -0.39 is 100 Å². The van der Waals surface area contributed by atoms with Crippen LogP contribution in [0.3, 0.4) is 0 Å². The van der Waals surface area contributed by atoms with E-state index in [4.69, 9.17) is 0 Å². The largest absolute Gasteiger partial charge is 0.215 e. The second-order valence-corrected chi connectivity index (χ2v) is 60.3. The van der Waals surface area contributed by atoms with Crippen LogP contribution in [0.5, 0.6) is 0 Å². The predicted octanol–water partition coefficient (Wildman–Crippen LogP) is 19.0. The molecule has 40 heteroatoms. The lowest BCUT2D eigenvalue weighted by Crippen LogP contribution is -2.42. The molecular weight excluding hydrogens is 1900 g/mol. The van der Waals surface area contributed by atoms with Crippen molar-refractivity contribution < 1.29 is 84.2 Å². The van der Waals surface area contributed by atoms with E-state index in [2.05, 4.69) is 80.1 Å². The summed E-state index contributed by atoms with van der Waals surface area (Å²) in [7, 11) is -30.6. The predicted molar refractivity (Wildman–Crippen MR) is 582 cm³/mol. The van der Waals surface area contributed by atoms with Gasteiger partial charge in [-0.15, -0.1) is 0 Å². The van der Waals surface area contributed by atoms with Gasteiger partial charge in [-0.05, 0) is 241 Å². The molecule has 2 aromatic rings. The van der Waals surface area contributed by atoms with Crippen molar-refractivity contribution in [2.24, 2.45) is 28.1 Å². The van der Waals surface area contributed by atoms with E-state index in [1.165, 1.54) is 24.8 Å². The van der Waals surface area contributed by atoms with Gasteiger partial charge >= 0.3 is 0 Å². The normalized spacial score (nSPS) is 15.5. The molecule has 10 N–H and O–H groups in total. The fraction of sp³-hybridized carbons (Fsp3) is 0.871. The Kier molecular flexibility index (Phi) is 92.5. The molecule has 0 bridgehead atoms. The van der Waals surface area contributed by atoms with Crippen LogP contribution in [0.4, 0.5) is 0 Å². The fourth-order valence-corrected chi connectivity index (χ4v) is 17.7. The van der Waals surface area contributed by atoms with Gasteiger partial charge in [-0.1, -0.05) is 243 Å². The van der Waals surface area contributed by atoms with Crippen molar-refractivity contribution >= 4 is 100 Å². The average Bonchev–Trinajstić information content (AvgIpc) is 1.64.